The molecule has 1 aliphatic carbocycles. The molecule has 0 bridgehead atoms. The Bertz CT molecular complexity index is 562. The molecule has 0 aromatic carbocycles. The highest BCUT2D eigenvalue weighted by Crippen LogP contribution is 2.25. The maximum Gasteiger partial charge on any atom is 0.223 e. The van der Waals surface area contributed by atoms with E-state index in [9.17, 15) is 0 Å². The number of nitrogen functional groups attached to an aromatic ring is 1. The lowest BCUT2D eigenvalue weighted by molar-refractivity contribution is 0.609. The number of aromatic nitrogens is 4. The maximum absolute atomic E-state index is 5.78. The van der Waals surface area contributed by atoms with Crippen LogP contribution in [0.3, 0.4) is 0 Å². The van der Waals surface area contributed by atoms with Crippen molar-refractivity contribution in [1.29, 1.82) is 0 Å². The molecular weight excluding hydrogens is 254 g/mol. The van der Waals surface area contributed by atoms with E-state index in [1.807, 2.05) is 30.1 Å². The van der Waals surface area contributed by atoms with Crippen LogP contribution in [0.15, 0.2) is 24.5 Å². The Morgan fingerprint density at radius 1 is 1.45 bits per heavy atom. The number of anilines is 3. The van der Waals surface area contributed by atoms with Crippen LogP contribution in [0.4, 0.5) is 17.6 Å². The average molecular weight is 273 g/mol. The minimum Gasteiger partial charge on any atom is -0.368 e. The predicted octanol–water partition coefficient (Wildman–Crippen LogP) is 0.966. The Morgan fingerprint density at radius 2 is 2.30 bits per heavy atom. The van der Waals surface area contributed by atoms with Gasteiger partial charge in [-0.3, -0.25) is 4.68 Å². The fraction of sp³-hybridized carbons (Fsp3) is 0.462. The quantitative estimate of drug-likeness (QED) is 0.815. The minimum absolute atomic E-state index is 0.302. The van der Waals surface area contributed by atoms with Crippen LogP contribution in [0, 0.1) is 0 Å². The summed E-state index contributed by atoms with van der Waals surface area (Å²) in [6, 6.07) is 4.41. The molecule has 7 heteroatoms. The van der Waals surface area contributed by atoms with Gasteiger partial charge in [0.1, 0.15) is 11.6 Å². The first kappa shape index (κ1) is 12.7. The molecule has 0 atom stereocenters. The Labute approximate surface area is 117 Å². The summed E-state index contributed by atoms with van der Waals surface area (Å²) < 4.78 is 1.89. The van der Waals surface area contributed by atoms with Crippen LogP contribution in [0.5, 0.6) is 0 Å². The second-order valence-electron chi connectivity index (χ2n) is 5.08. The van der Waals surface area contributed by atoms with Crippen molar-refractivity contribution >= 4 is 17.6 Å². The van der Waals surface area contributed by atoms with Crippen molar-refractivity contribution < 1.29 is 0 Å². The lowest BCUT2D eigenvalue weighted by Crippen LogP contribution is -2.24. The molecule has 0 spiro atoms. The summed E-state index contributed by atoms with van der Waals surface area (Å²) in [4.78, 5) is 10.6. The van der Waals surface area contributed by atoms with Gasteiger partial charge < -0.3 is 16.0 Å². The Kier molecular flexibility index (Phi) is 3.41. The normalized spacial score (nSPS) is 14.2. The van der Waals surface area contributed by atoms with Crippen LogP contribution >= 0.6 is 0 Å². The van der Waals surface area contributed by atoms with E-state index in [4.69, 9.17) is 5.73 Å². The molecule has 2 aromatic heterocycles. The summed E-state index contributed by atoms with van der Waals surface area (Å²) >= 11 is 0. The monoisotopic (exact) mass is 273 g/mol. The Morgan fingerprint density at radius 3 is 3.00 bits per heavy atom. The van der Waals surface area contributed by atoms with Crippen LogP contribution in [-0.2, 0) is 6.54 Å². The van der Waals surface area contributed by atoms with Gasteiger partial charge in [0.05, 0.1) is 6.54 Å². The first-order chi connectivity index (χ1) is 9.70. The molecule has 0 radical (unpaired) electrons. The molecule has 1 saturated carbocycles. The van der Waals surface area contributed by atoms with E-state index in [0.29, 0.717) is 12.0 Å². The van der Waals surface area contributed by atoms with Crippen molar-refractivity contribution in [2.75, 3.05) is 29.5 Å². The van der Waals surface area contributed by atoms with Gasteiger partial charge in [0.15, 0.2) is 0 Å². The van der Waals surface area contributed by atoms with Gasteiger partial charge in [-0.05, 0) is 18.9 Å². The number of likely N-dealkylation sites (N-methyl/N-ethyl adjacent to an activating group) is 1. The van der Waals surface area contributed by atoms with Crippen LogP contribution in [-0.4, -0.2) is 39.4 Å². The molecule has 1 aliphatic rings. The molecular formula is C13H19N7. The van der Waals surface area contributed by atoms with Crippen molar-refractivity contribution in [3.05, 3.63) is 24.5 Å². The number of nitrogens with two attached hydrogens (primary N) is 1. The number of nitrogens with one attached hydrogen (secondary N) is 1. The molecule has 0 unspecified atom stereocenters. The first-order valence-corrected chi connectivity index (χ1v) is 6.80. The van der Waals surface area contributed by atoms with Gasteiger partial charge >= 0.3 is 0 Å². The molecule has 2 aromatic rings. The van der Waals surface area contributed by atoms with E-state index in [1.165, 1.54) is 12.8 Å². The zero-order chi connectivity index (χ0) is 13.9. The van der Waals surface area contributed by atoms with E-state index >= 15 is 0 Å². The molecule has 0 saturated heterocycles. The molecule has 0 amide bonds. The average Bonchev–Trinajstić information content (AvgIpc) is 3.07. The van der Waals surface area contributed by atoms with E-state index in [0.717, 1.165) is 24.7 Å². The largest absolute Gasteiger partial charge is 0.368 e. The van der Waals surface area contributed by atoms with Crippen molar-refractivity contribution in [3.8, 4) is 0 Å². The van der Waals surface area contributed by atoms with Gasteiger partial charge in [0.25, 0.3) is 0 Å². The highest BCUT2D eigenvalue weighted by molar-refractivity contribution is 5.53. The summed E-state index contributed by atoms with van der Waals surface area (Å²) in [6.07, 6.45) is 6.13. The number of hydrogen-bond donors (Lipinski definition) is 2. The summed E-state index contributed by atoms with van der Waals surface area (Å²) in [5.74, 6) is 1.94. The predicted molar refractivity (Wildman–Crippen MR) is 78.6 cm³/mol. The van der Waals surface area contributed by atoms with Crippen molar-refractivity contribution in [3.63, 3.8) is 0 Å². The van der Waals surface area contributed by atoms with Crippen molar-refractivity contribution in [2.24, 2.45) is 0 Å². The second-order valence-corrected chi connectivity index (χ2v) is 5.08. The summed E-state index contributed by atoms with van der Waals surface area (Å²) in [7, 11) is 1.99. The lowest BCUT2D eigenvalue weighted by atomic mass is 10.4. The number of rotatable bonds is 6. The highest BCUT2D eigenvalue weighted by Gasteiger charge is 2.22. The minimum atomic E-state index is 0.302. The van der Waals surface area contributed by atoms with Crippen LogP contribution in [0.2, 0.25) is 0 Å². The highest BCUT2D eigenvalue weighted by atomic mass is 15.3. The van der Waals surface area contributed by atoms with Gasteiger partial charge in [0, 0.05) is 38.1 Å². The fourth-order valence-corrected chi connectivity index (χ4v) is 1.96. The van der Waals surface area contributed by atoms with Crippen LogP contribution < -0.4 is 16.0 Å². The van der Waals surface area contributed by atoms with E-state index in [1.54, 1.807) is 6.20 Å². The molecule has 20 heavy (non-hydrogen) atoms. The van der Waals surface area contributed by atoms with Crippen molar-refractivity contribution in [2.45, 2.75) is 25.4 Å². The fourth-order valence-electron chi connectivity index (χ4n) is 1.96. The van der Waals surface area contributed by atoms with E-state index in [2.05, 4.69) is 25.3 Å². The Hall–Kier alpha value is -2.31. The summed E-state index contributed by atoms with van der Waals surface area (Å²) in [5, 5.41) is 7.53. The lowest BCUT2D eigenvalue weighted by Gasteiger charge is -2.19. The zero-order valence-corrected chi connectivity index (χ0v) is 11.5. The van der Waals surface area contributed by atoms with Gasteiger partial charge in [-0.2, -0.15) is 15.1 Å². The molecule has 106 valence electrons. The Balaban J connectivity index is 1.66. The third kappa shape index (κ3) is 3.17. The van der Waals surface area contributed by atoms with Gasteiger partial charge in [0.2, 0.25) is 5.95 Å². The second kappa shape index (κ2) is 5.36. The first-order valence-electron chi connectivity index (χ1n) is 6.80. The number of nitrogens with zero attached hydrogens (tertiary/aromatic N) is 5. The van der Waals surface area contributed by atoms with Crippen molar-refractivity contribution in [1.82, 2.24) is 19.7 Å². The summed E-state index contributed by atoms with van der Waals surface area (Å²) in [5.41, 5.74) is 5.78. The standard InChI is InChI=1S/C13H19N7/c1-19(7-8-20-6-2-5-15-20)12-9-11(16-10-3-4-10)17-13(14)18-12/h2,5-6,9-10H,3-4,7-8H2,1H3,(H3,14,16,17,18). The molecule has 3 N–H and O–H groups in total. The van der Waals surface area contributed by atoms with Gasteiger partial charge in [-0.15, -0.1) is 0 Å². The molecule has 3 rings (SSSR count). The van der Waals surface area contributed by atoms with Crippen LogP contribution in [0.25, 0.3) is 0 Å². The SMILES string of the molecule is CN(CCn1cccn1)c1cc(NC2CC2)nc(N)n1. The maximum atomic E-state index is 5.78. The molecule has 1 fully saturated rings. The zero-order valence-electron chi connectivity index (χ0n) is 11.5. The van der Waals surface area contributed by atoms with E-state index < -0.39 is 0 Å². The van der Waals surface area contributed by atoms with Crippen LogP contribution in [0.1, 0.15) is 12.8 Å². The smallest absolute Gasteiger partial charge is 0.223 e. The molecule has 7 nitrogen and oxygen atoms in total. The third-order valence-electron chi connectivity index (χ3n) is 3.27. The van der Waals surface area contributed by atoms with Gasteiger partial charge in [-0.1, -0.05) is 0 Å². The number of hydrogen-bond acceptors (Lipinski definition) is 6. The van der Waals surface area contributed by atoms with Gasteiger partial charge in [-0.25, -0.2) is 0 Å². The van der Waals surface area contributed by atoms with E-state index in [-0.39, 0.29) is 0 Å². The third-order valence-corrected chi connectivity index (χ3v) is 3.27. The topological polar surface area (TPSA) is 84.9 Å². The molecule has 0 aliphatic heterocycles. The molecule has 2 heterocycles. The summed E-state index contributed by atoms with van der Waals surface area (Å²) in [6.45, 7) is 1.61.